The molecule has 2 N–H and O–H groups in total. The Bertz CT molecular complexity index is 829. The summed E-state index contributed by atoms with van der Waals surface area (Å²) in [6.07, 6.45) is 2.80. The number of hydrogen-bond donors (Lipinski definition) is 2. The maximum Gasteiger partial charge on any atom is 0.337 e. The molecule has 0 radical (unpaired) electrons. The Labute approximate surface area is 154 Å². The molecule has 1 aromatic rings. The quantitative estimate of drug-likeness (QED) is 0.566. The van der Waals surface area contributed by atoms with E-state index in [2.05, 4.69) is 10.6 Å². The van der Waals surface area contributed by atoms with Crippen LogP contribution in [0.3, 0.4) is 0 Å². The van der Waals surface area contributed by atoms with E-state index in [1.807, 2.05) is 0 Å². The monoisotopic (exact) mass is 374 g/mol. The topological polar surface area (TPSA) is 112 Å². The Morgan fingerprint density at radius 2 is 2.04 bits per heavy atom. The Morgan fingerprint density at radius 1 is 1.22 bits per heavy atom. The molecule has 0 unspecified atom stereocenters. The van der Waals surface area contributed by atoms with E-state index in [0.717, 1.165) is 5.56 Å². The van der Waals surface area contributed by atoms with Crippen LogP contribution in [0.1, 0.15) is 12.5 Å². The second-order valence-electron chi connectivity index (χ2n) is 5.54. The molecule has 0 aromatic heterocycles. The summed E-state index contributed by atoms with van der Waals surface area (Å²) >= 11 is 0. The van der Waals surface area contributed by atoms with Crippen molar-refractivity contribution in [3.8, 4) is 11.5 Å². The minimum Gasteiger partial charge on any atom is -0.463 e. The predicted octanol–water partition coefficient (Wildman–Crippen LogP) is 1.10. The molecule has 0 saturated heterocycles. The smallest absolute Gasteiger partial charge is 0.337 e. The molecule has 2 heterocycles. The van der Waals surface area contributed by atoms with Gasteiger partial charge in [-0.15, -0.1) is 0 Å². The molecule has 0 aliphatic carbocycles. The number of carbonyl (C=O) groups is 3. The van der Waals surface area contributed by atoms with Gasteiger partial charge in [-0.1, -0.05) is 6.07 Å². The first-order chi connectivity index (χ1) is 13.1. The molecular formula is C18H18N2O7. The minimum atomic E-state index is -0.629. The third-order valence-corrected chi connectivity index (χ3v) is 3.74. The SMILES string of the molecule is CCOC(=O)C1=C(COC(=O)/C=C/c2ccc3c(c2)OCO3)NC(=O)NC1. The van der Waals surface area contributed by atoms with Crippen LogP contribution in [0.2, 0.25) is 0 Å². The van der Waals surface area contributed by atoms with Gasteiger partial charge in [0, 0.05) is 6.08 Å². The van der Waals surface area contributed by atoms with Gasteiger partial charge >= 0.3 is 18.0 Å². The second-order valence-corrected chi connectivity index (χ2v) is 5.54. The Balaban J connectivity index is 1.61. The van der Waals surface area contributed by atoms with Gasteiger partial charge in [-0.05, 0) is 30.7 Å². The zero-order chi connectivity index (χ0) is 19.2. The molecule has 2 aliphatic rings. The number of carbonyl (C=O) groups excluding carboxylic acids is 3. The average Bonchev–Trinajstić information content (AvgIpc) is 3.12. The Hall–Kier alpha value is -3.49. The van der Waals surface area contributed by atoms with Gasteiger partial charge in [-0.25, -0.2) is 14.4 Å². The molecular weight excluding hydrogens is 356 g/mol. The van der Waals surface area contributed by atoms with E-state index in [4.69, 9.17) is 18.9 Å². The van der Waals surface area contributed by atoms with Crippen LogP contribution in [-0.4, -0.2) is 44.5 Å². The normalized spacial score (nSPS) is 15.4. The highest BCUT2D eigenvalue weighted by Crippen LogP contribution is 2.32. The fraction of sp³-hybridized carbons (Fsp3) is 0.278. The number of hydrogen-bond acceptors (Lipinski definition) is 7. The molecule has 142 valence electrons. The lowest BCUT2D eigenvalue weighted by atomic mass is 10.1. The fourth-order valence-corrected chi connectivity index (χ4v) is 2.44. The molecule has 3 rings (SSSR count). The number of fused-ring (bicyclic) bond motifs is 1. The van der Waals surface area contributed by atoms with E-state index in [0.29, 0.717) is 11.5 Å². The number of amides is 2. The molecule has 0 atom stereocenters. The first kappa shape index (κ1) is 18.3. The van der Waals surface area contributed by atoms with E-state index in [9.17, 15) is 14.4 Å². The maximum absolute atomic E-state index is 11.9. The zero-order valence-corrected chi connectivity index (χ0v) is 14.6. The number of esters is 2. The predicted molar refractivity (Wildman–Crippen MR) is 92.8 cm³/mol. The van der Waals surface area contributed by atoms with Crippen molar-refractivity contribution in [1.82, 2.24) is 10.6 Å². The van der Waals surface area contributed by atoms with Gasteiger partial charge in [0.25, 0.3) is 0 Å². The maximum atomic E-state index is 11.9. The molecule has 2 amide bonds. The zero-order valence-electron chi connectivity index (χ0n) is 14.6. The lowest BCUT2D eigenvalue weighted by Crippen LogP contribution is -2.45. The summed E-state index contributed by atoms with van der Waals surface area (Å²) in [5.74, 6) is 0.0464. The van der Waals surface area contributed by atoms with E-state index in [1.54, 1.807) is 31.2 Å². The number of urea groups is 1. The average molecular weight is 374 g/mol. The molecule has 9 nitrogen and oxygen atoms in total. The summed E-state index contributed by atoms with van der Waals surface area (Å²) in [4.78, 5) is 35.3. The van der Waals surface area contributed by atoms with E-state index >= 15 is 0 Å². The van der Waals surface area contributed by atoms with E-state index < -0.39 is 18.0 Å². The molecule has 0 spiro atoms. The summed E-state index contributed by atoms with van der Waals surface area (Å²) in [7, 11) is 0. The van der Waals surface area contributed by atoms with Gasteiger partial charge < -0.3 is 29.6 Å². The number of nitrogens with one attached hydrogen (secondary N) is 2. The molecule has 27 heavy (non-hydrogen) atoms. The lowest BCUT2D eigenvalue weighted by Gasteiger charge is -2.20. The molecule has 1 aromatic carbocycles. The summed E-state index contributed by atoms with van der Waals surface area (Å²) in [6, 6.07) is 4.77. The van der Waals surface area contributed by atoms with Crippen molar-refractivity contribution < 1.29 is 33.3 Å². The number of ether oxygens (including phenoxy) is 4. The highest BCUT2D eigenvalue weighted by Gasteiger charge is 2.24. The third kappa shape index (κ3) is 4.57. The van der Waals surface area contributed by atoms with Crippen molar-refractivity contribution in [2.24, 2.45) is 0 Å². The van der Waals surface area contributed by atoms with Crippen molar-refractivity contribution >= 4 is 24.0 Å². The Kier molecular flexibility index (Phi) is 5.60. The van der Waals surface area contributed by atoms with E-state index in [-0.39, 0.29) is 37.8 Å². The summed E-state index contributed by atoms with van der Waals surface area (Å²) in [5.41, 5.74) is 1.14. The Morgan fingerprint density at radius 3 is 2.85 bits per heavy atom. The van der Waals surface area contributed by atoms with Crippen molar-refractivity contribution in [3.05, 3.63) is 41.1 Å². The molecule has 0 saturated carbocycles. The van der Waals surface area contributed by atoms with Crippen LogP contribution in [0.4, 0.5) is 4.79 Å². The molecule has 2 aliphatic heterocycles. The van der Waals surface area contributed by atoms with Gasteiger partial charge in [0.1, 0.15) is 6.61 Å². The molecule has 0 bridgehead atoms. The number of benzene rings is 1. The molecule has 0 fully saturated rings. The van der Waals surface area contributed by atoms with Crippen LogP contribution in [0.5, 0.6) is 11.5 Å². The van der Waals surface area contributed by atoms with Gasteiger partial charge in [-0.2, -0.15) is 0 Å². The lowest BCUT2D eigenvalue weighted by molar-refractivity contribution is -0.140. The van der Waals surface area contributed by atoms with Crippen LogP contribution in [-0.2, 0) is 19.1 Å². The van der Waals surface area contributed by atoms with Gasteiger partial charge in [0.2, 0.25) is 6.79 Å². The van der Waals surface area contributed by atoms with Crippen LogP contribution in [0.25, 0.3) is 6.08 Å². The standard InChI is InChI=1S/C18H18N2O7/c1-2-24-17(22)12-8-19-18(23)20-13(12)9-25-16(21)6-4-11-3-5-14-15(7-11)27-10-26-14/h3-7H,2,8-10H2,1H3,(H2,19,20,23)/b6-4+. The highest BCUT2D eigenvalue weighted by atomic mass is 16.7. The van der Waals surface area contributed by atoms with Crippen molar-refractivity contribution in [1.29, 1.82) is 0 Å². The summed E-state index contributed by atoms with van der Waals surface area (Å²) in [5, 5.41) is 4.93. The molecule has 9 heteroatoms. The fourth-order valence-electron chi connectivity index (χ4n) is 2.44. The van der Waals surface area contributed by atoms with Gasteiger partial charge in [0.05, 0.1) is 24.4 Å². The summed E-state index contributed by atoms with van der Waals surface area (Å²) < 4.78 is 20.5. The number of rotatable bonds is 6. The third-order valence-electron chi connectivity index (χ3n) is 3.74. The van der Waals surface area contributed by atoms with Crippen LogP contribution in [0.15, 0.2) is 35.5 Å². The van der Waals surface area contributed by atoms with Crippen molar-refractivity contribution in [3.63, 3.8) is 0 Å². The van der Waals surface area contributed by atoms with Crippen molar-refractivity contribution in [2.75, 3.05) is 26.6 Å². The van der Waals surface area contributed by atoms with Crippen LogP contribution >= 0.6 is 0 Å². The van der Waals surface area contributed by atoms with Crippen LogP contribution < -0.4 is 20.1 Å². The van der Waals surface area contributed by atoms with Gasteiger partial charge in [-0.3, -0.25) is 0 Å². The van der Waals surface area contributed by atoms with E-state index in [1.165, 1.54) is 6.08 Å². The second kappa shape index (κ2) is 8.26. The largest absolute Gasteiger partial charge is 0.463 e. The minimum absolute atomic E-state index is 0.00455. The summed E-state index contributed by atoms with van der Waals surface area (Å²) in [6.45, 7) is 1.79. The van der Waals surface area contributed by atoms with Crippen molar-refractivity contribution in [2.45, 2.75) is 6.92 Å². The van der Waals surface area contributed by atoms with Crippen LogP contribution in [0, 0.1) is 0 Å². The van der Waals surface area contributed by atoms with Gasteiger partial charge in [0.15, 0.2) is 11.5 Å². The first-order valence-corrected chi connectivity index (χ1v) is 8.25. The highest BCUT2D eigenvalue weighted by molar-refractivity contribution is 5.94. The first-order valence-electron chi connectivity index (χ1n) is 8.25.